The Bertz CT molecular complexity index is 1270. The van der Waals surface area contributed by atoms with Gasteiger partial charge < -0.3 is 24.4 Å². The van der Waals surface area contributed by atoms with Crippen LogP contribution in [0.2, 0.25) is 0 Å². The molecule has 0 aliphatic rings. The zero-order valence-electron chi connectivity index (χ0n) is 19.3. The quantitative estimate of drug-likeness (QED) is 0.344. The summed E-state index contributed by atoms with van der Waals surface area (Å²) >= 11 is 0. The number of aromatic nitrogens is 1. The molecule has 0 fully saturated rings. The van der Waals surface area contributed by atoms with Crippen molar-refractivity contribution in [3.05, 3.63) is 83.7 Å². The van der Waals surface area contributed by atoms with E-state index < -0.39 is 0 Å². The number of nitrogens with zero attached hydrogens (tertiary/aromatic N) is 1. The van der Waals surface area contributed by atoms with Gasteiger partial charge >= 0.3 is 5.97 Å². The van der Waals surface area contributed by atoms with Gasteiger partial charge in [-0.3, -0.25) is 9.78 Å². The largest absolute Gasteiger partial charge is 0.489 e. The number of fused-ring (bicyclic) bond motifs is 1. The van der Waals surface area contributed by atoms with Crippen LogP contribution in [0.1, 0.15) is 23.6 Å². The van der Waals surface area contributed by atoms with Crippen molar-refractivity contribution in [2.45, 2.75) is 32.6 Å². The molecule has 4 rings (SSSR count). The lowest BCUT2D eigenvalue weighted by Crippen LogP contribution is -2.21. The van der Waals surface area contributed by atoms with Crippen molar-refractivity contribution in [2.75, 3.05) is 13.7 Å². The van der Waals surface area contributed by atoms with Gasteiger partial charge in [-0.05, 0) is 54.4 Å². The first-order valence-corrected chi connectivity index (χ1v) is 11.1. The third-order valence-electron chi connectivity index (χ3n) is 5.38. The number of hydrogen-bond donors (Lipinski definition) is 1. The van der Waals surface area contributed by atoms with Crippen LogP contribution in [0.5, 0.6) is 5.75 Å². The molecule has 2 N–H and O–H groups in total. The predicted octanol–water partition coefficient (Wildman–Crippen LogP) is 4.65. The molecule has 2 aromatic carbocycles. The molecule has 0 aliphatic carbocycles. The second kappa shape index (κ2) is 11.0. The third-order valence-corrected chi connectivity index (χ3v) is 5.38. The molecule has 2 aromatic heterocycles. The van der Waals surface area contributed by atoms with E-state index in [-0.39, 0.29) is 18.5 Å². The molecule has 0 amide bonds. The number of pyridine rings is 1. The Kier molecular flexibility index (Phi) is 7.57. The molecular weight excluding hydrogens is 432 g/mol. The molecular formula is C27H28N2O5. The molecule has 0 radical (unpaired) electrons. The first-order chi connectivity index (χ1) is 16.6. The topological polar surface area (TPSA) is 96.8 Å². The van der Waals surface area contributed by atoms with Crippen LogP contribution in [0.4, 0.5) is 0 Å². The van der Waals surface area contributed by atoms with Gasteiger partial charge in [0.05, 0.1) is 25.0 Å². The number of carbonyl (C=O) groups is 1. The normalized spacial score (nSPS) is 12.0. The summed E-state index contributed by atoms with van der Waals surface area (Å²) in [6, 6.07) is 17.3. The maximum Gasteiger partial charge on any atom is 0.310 e. The van der Waals surface area contributed by atoms with E-state index in [2.05, 4.69) is 4.98 Å². The molecule has 34 heavy (non-hydrogen) atoms. The van der Waals surface area contributed by atoms with E-state index >= 15 is 0 Å². The minimum Gasteiger partial charge on any atom is -0.489 e. The number of rotatable bonds is 10. The van der Waals surface area contributed by atoms with Crippen LogP contribution in [0.3, 0.4) is 0 Å². The highest BCUT2D eigenvalue weighted by molar-refractivity contribution is 5.92. The second-order valence-corrected chi connectivity index (χ2v) is 8.06. The van der Waals surface area contributed by atoms with E-state index in [4.69, 9.17) is 24.4 Å². The fourth-order valence-electron chi connectivity index (χ4n) is 3.81. The van der Waals surface area contributed by atoms with Crippen LogP contribution in [-0.2, 0) is 33.8 Å². The Labute approximate surface area is 198 Å². The second-order valence-electron chi connectivity index (χ2n) is 8.06. The molecule has 0 spiro atoms. The Morgan fingerprint density at radius 1 is 1.12 bits per heavy atom. The van der Waals surface area contributed by atoms with Crippen molar-refractivity contribution >= 4 is 16.9 Å². The SMILES string of the molecule is COCC(C)OC(=O)Cc1ccccc1OCc1cc(-c2cc(CN)ccn2)c2occc2c1. The zero-order chi connectivity index (χ0) is 23.9. The van der Waals surface area contributed by atoms with Gasteiger partial charge in [-0.25, -0.2) is 0 Å². The van der Waals surface area contributed by atoms with Crippen LogP contribution in [-0.4, -0.2) is 30.8 Å². The van der Waals surface area contributed by atoms with Gasteiger partial charge in [0.1, 0.15) is 24.0 Å². The average Bonchev–Trinajstić information content (AvgIpc) is 3.32. The van der Waals surface area contributed by atoms with Crippen molar-refractivity contribution in [1.29, 1.82) is 0 Å². The molecule has 0 saturated carbocycles. The molecule has 7 heteroatoms. The van der Waals surface area contributed by atoms with Gasteiger partial charge in [0.15, 0.2) is 0 Å². The fraction of sp³-hybridized carbons (Fsp3) is 0.259. The summed E-state index contributed by atoms with van der Waals surface area (Å²) in [5.41, 5.74) is 10.9. The molecule has 2 heterocycles. The number of carbonyl (C=O) groups excluding carboxylic acids is 1. The summed E-state index contributed by atoms with van der Waals surface area (Å²) in [6.07, 6.45) is 3.22. The van der Waals surface area contributed by atoms with E-state index in [1.165, 1.54) is 0 Å². The summed E-state index contributed by atoms with van der Waals surface area (Å²) < 4.78 is 22.3. The lowest BCUT2D eigenvalue weighted by molar-refractivity contribution is -0.149. The molecule has 0 aliphatic heterocycles. The fourth-order valence-corrected chi connectivity index (χ4v) is 3.81. The number of nitrogens with two attached hydrogens (primary N) is 1. The minimum atomic E-state index is -0.325. The third kappa shape index (κ3) is 5.62. The number of ether oxygens (including phenoxy) is 3. The number of hydrogen-bond acceptors (Lipinski definition) is 7. The predicted molar refractivity (Wildman–Crippen MR) is 129 cm³/mol. The van der Waals surface area contributed by atoms with Crippen LogP contribution < -0.4 is 10.5 Å². The van der Waals surface area contributed by atoms with Crippen molar-refractivity contribution in [3.63, 3.8) is 0 Å². The first kappa shape index (κ1) is 23.5. The Hall–Kier alpha value is -3.68. The van der Waals surface area contributed by atoms with Gasteiger partial charge in [-0.15, -0.1) is 0 Å². The van der Waals surface area contributed by atoms with Crippen LogP contribution in [0, 0.1) is 0 Å². The smallest absolute Gasteiger partial charge is 0.310 e. The standard InChI is InChI=1S/C27H28N2O5/c1-18(16-31-2)34-26(30)14-21-5-3-4-6-25(21)33-17-20-11-22-8-10-32-27(22)23(12-20)24-13-19(15-28)7-9-29-24/h3-13,18H,14-17,28H2,1-2H3. The van der Waals surface area contributed by atoms with Gasteiger partial charge in [0, 0.05) is 36.4 Å². The molecule has 1 atom stereocenters. The van der Waals surface area contributed by atoms with Crippen LogP contribution in [0.25, 0.3) is 22.2 Å². The molecule has 0 bridgehead atoms. The maximum atomic E-state index is 12.3. The van der Waals surface area contributed by atoms with Gasteiger partial charge in [-0.1, -0.05) is 18.2 Å². The lowest BCUT2D eigenvalue weighted by Gasteiger charge is -2.14. The molecule has 176 valence electrons. The highest BCUT2D eigenvalue weighted by Crippen LogP contribution is 2.31. The lowest BCUT2D eigenvalue weighted by atomic mass is 10.0. The van der Waals surface area contributed by atoms with Crippen molar-refractivity contribution in [2.24, 2.45) is 5.73 Å². The Morgan fingerprint density at radius 3 is 2.79 bits per heavy atom. The highest BCUT2D eigenvalue weighted by atomic mass is 16.6. The van der Waals surface area contributed by atoms with Gasteiger partial charge in [-0.2, -0.15) is 0 Å². The molecule has 4 aromatic rings. The number of para-hydroxylation sites is 1. The Morgan fingerprint density at radius 2 is 1.97 bits per heavy atom. The monoisotopic (exact) mass is 460 g/mol. The van der Waals surface area contributed by atoms with E-state index in [0.29, 0.717) is 25.5 Å². The molecule has 7 nitrogen and oxygen atoms in total. The molecule has 0 saturated heterocycles. The van der Waals surface area contributed by atoms with Gasteiger partial charge in [0.2, 0.25) is 0 Å². The minimum absolute atomic E-state index is 0.117. The summed E-state index contributed by atoms with van der Waals surface area (Å²) in [6.45, 7) is 2.90. The Balaban J connectivity index is 1.54. The van der Waals surface area contributed by atoms with Crippen LogP contribution in [0.15, 0.2) is 71.5 Å². The van der Waals surface area contributed by atoms with Gasteiger partial charge in [0.25, 0.3) is 0 Å². The van der Waals surface area contributed by atoms with Crippen molar-refractivity contribution < 1.29 is 23.4 Å². The number of furan rings is 1. The number of methoxy groups -OCH3 is 1. The first-order valence-electron chi connectivity index (χ1n) is 11.1. The number of benzene rings is 2. The molecule has 1 unspecified atom stereocenters. The van der Waals surface area contributed by atoms with Crippen molar-refractivity contribution in [3.8, 4) is 17.0 Å². The highest BCUT2D eigenvalue weighted by Gasteiger charge is 2.15. The van der Waals surface area contributed by atoms with E-state index in [9.17, 15) is 4.79 Å². The number of esters is 1. The summed E-state index contributed by atoms with van der Waals surface area (Å²) in [7, 11) is 1.57. The zero-order valence-corrected chi connectivity index (χ0v) is 19.3. The maximum absolute atomic E-state index is 12.3. The van der Waals surface area contributed by atoms with Crippen molar-refractivity contribution in [1.82, 2.24) is 4.98 Å². The van der Waals surface area contributed by atoms with E-state index in [1.807, 2.05) is 54.6 Å². The van der Waals surface area contributed by atoms with E-state index in [0.717, 1.165) is 38.9 Å². The summed E-state index contributed by atoms with van der Waals surface area (Å²) in [5, 5.41) is 0.958. The van der Waals surface area contributed by atoms with E-state index in [1.54, 1.807) is 26.5 Å². The summed E-state index contributed by atoms with van der Waals surface area (Å²) in [4.78, 5) is 16.8. The van der Waals surface area contributed by atoms with Crippen LogP contribution >= 0.6 is 0 Å². The summed E-state index contributed by atoms with van der Waals surface area (Å²) in [5.74, 6) is 0.310. The average molecular weight is 461 g/mol.